The molecule has 2 aromatic carbocycles. The number of sulfonamides is 1. The van der Waals surface area contributed by atoms with Crippen molar-refractivity contribution in [2.75, 3.05) is 11.8 Å². The molecule has 1 N–H and O–H groups in total. The maximum absolute atomic E-state index is 12.2. The summed E-state index contributed by atoms with van der Waals surface area (Å²) in [6.45, 7) is 1.90. The van der Waals surface area contributed by atoms with Crippen molar-refractivity contribution in [2.24, 2.45) is 0 Å². The van der Waals surface area contributed by atoms with Crippen LogP contribution in [0.3, 0.4) is 0 Å². The summed E-state index contributed by atoms with van der Waals surface area (Å²) in [4.78, 5) is 0. The lowest BCUT2D eigenvalue weighted by Crippen LogP contribution is -2.16. The summed E-state index contributed by atoms with van der Waals surface area (Å²) in [6, 6.07) is 14.4. The Labute approximate surface area is 119 Å². The zero-order valence-corrected chi connectivity index (χ0v) is 12.3. The molecule has 4 nitrogen and oxygen atoms in total. The summed E-state index contributed by atoms with van der Waals surface area (Å²) in [7, 11) is -1.96. The molecule has 0 unspecified atom stereocenters. The second-order valence-electron chi connectivity index (χ2n) is 4.49. The second-order valence-corrected chi connectivity index (χ2v) is 6.21. The van der Waals surface area contributed by atoms with Gasteiger partial charge in [0.25, 0.3) is 0 Å². The van der Waals surface area contributed by atoms with Gasteiger partial charge in [0.1, 0.15) is 5.75 Å². The Balaban J connectivity index is 2.22. The molecule has 0 atom stereocenters. The molecule has 2 aromatic rings. The van der Waals surface area contributed by atoms with Gasteiger partial charge in [0, 0.05) is 0 Å². The minimum absolute atomic E-state index is 0.0578. The van der Waals surface area contributed by atoms with Crippen LogP contribution in [-0.2, 0) is 15.8 Å². The Morgan fingerprint density at radius 2 is 1.70 bits per heavy atom. The van der Waals surface area contributed by atoms with Crippen molar-refractivity contribution in [3.8, 4) is 5.75 Å². The second kappa shape index (κ2) is 5.96. The highest BCUT2D eigenvalue weighted by molar-refractivity contribution is 7.91. The highest BCUT2D eigenvalue weighted by atomic mass is 32.2. The molecule has 0 spiro atoms. The van der Waals surface area contributed by atoms with Gasteiger partial charge in [-0.1, -0.05) is 36.4 Å². The Hall–Kier alpha value is -2.01. The lowest BCUT2D eigenvalue weighted by atomic mass is 10.1. The number of methoxy groups -OCH3 is 1. The molecule has 0 aromatic heterocycles. The highest BCUT2D eigenvalue weighted by Gasteiger charge is 2.15. The zero-order chi connectivity index (χ0) is 14.6. The SMILES string of the molecule is COc1ccccc1NS(=O)(=O)Cc1ccccc1C. The first-order chi connectivity index (χ1) is 9.52. The molecule has 0 bridgehead atoms. The van der Waals surface area contributed by atoms with Crippen molar-refractivity contribution < 1.29 is 13.2 Å². The van der Waals surface area contributed by atoms with Gasteiger partial charge < -0.3 is 4.74 Å². The van der Waals surface area contributed by atoms with Crippen LogP contribution in [0.4, 0.5) is 5.69 Å². The van der Waals surface area contributed by atoms with Gasteiger partial charge in [-0.15, -0.1) is 0 Å². The number of para-hydroxylation sites is 2. The first kappa shape index (κ1) is 14.4. The van der Waals surface area contributed by atoms with Crippen molar-refractivity contribution >= 4 is 15.7 Å². The molecular weight excluding hydrogens is 274 g/mol. The number of rotatable bonds is 5. The van der Waals surface area contributed by atoms with E-state index in [1.165, 1.54) is 7.11 Å². The molecule has 0 radical (unpaired) electrons. The van der Waals surface area contributed by atoms with Crippen LogP contribution in [0, 0.1) is 6.92 Å². The van der Waals surface area contributed by atoms with Crippen LogP contribution in [0.1, 0.15) is 11.1 Å². The van der Waals surface area contributed by atoms with Crippen LogP contribution < -0.4 is 9.46 Å². The van der Waals surface area contributed by atoms with Gasteiger partial charge in [-0.3, -0.25) is 4.72 Å². The Morgan fingerprint density at radius 1 is 1.05 bits per heavy atom. The van der Waals surface area contributed by atoms with Crippen LogP contribution in [0.25, 0.3) is 0 Å². The van der Waals surface area contributed by atoms with Crippen molar-refractivity contribution in [1.29, 1.82) is 0 Å². The molecular formula is C15H17NO3S. The van der Waals surface area contributed by atoms with Gasteiger partial charge in [0.05, 0.1) is 18.6 Å². The van der Waals surface area contributed by atoms with Crippen LogP contribution in [0.5, 0.6) is 5.75 Å². The van der Waals surface area contributed by atoms with E-state index < -0.39 is 10.0 Å². The van der Waals surface area contributed by atoms with Gasteiger partial charge in [-0.2, -0.15) is 0 Å². The number of hydrogen-bond donors (Lipinski definition) is 1. The average molecular weight is 291 g/mol. The van der Waals surface area contributed by atoms with E-state index in [9.17, 15) is 8.42 Å². The summed E-state index contributed by atoms with van der Waals surface area (Å²) in [5, 5.41) is 0. The van der Waals surface area contributed by atoms with Crippen LogP contribution in [0.2, 0.25) is 0 Å². The van der Waals surface area contributed by atoms with E-state index in [1.807, 2.05) is 31.2 Å². The Bertz CT molecular complexity index is 696. The standard InChI is InChI=1S/C15H17NO3S/c1-12-7-3-4-8-13(12)11-20(17,18)16-14-9-5-6-10-15(14)19-2/h3-10,16H,11H2,1-2H3. The molecule has 2 rings (SSSR count). The minimum Gasteiger partial charge on any atom is -0.495 e. The van der Waals surface area contributed by atoms with Crippen LogP contribution in [0.15, 0.2) is 48.5 Å². The summed E-state index contributed by atoms with van der Waals surface area (Å²) >= 11 is 0. The quantitative estimate of drug-likeness (QED) is 0.921. The summed E-state index contributed by atoms with van der Waals surface area (Å²) in [5.41, 5.74) is 2.19. The third-order valence-electron chi connectivity index (χ3n) is 2.98. The lowest BCUT2D eigenvalue weighted by Gasteiger charge is -2.12. The van der Waals surface area contributed by atoms with E-state index >= 15 is 0 Å². The molecule has 0 heterocycles. The van der Waals surface area contributed by atoms with E-state index in [0.717, 1.165) is 11.1 Å². The molecule has 5 heteroatoms. The number of benzene rings is 2. The smallest absolute Gasteiger partial charge is 0.237 e. The van der Waals surface area contributed by atoms with Crippen molar-refractivity contribution in [1.82, 2.24) is 0 Å². The van der Waals surface area contributed by atoms with Crippen molar-refractivity contribution in [3.05, 3.63) is 59.7 Å². The fourth-order valence-electron chi connectivity index (χ4n) is 1.91. The van der Waals surface area contributed by atoms with E-state index in [-0.39, 0.29) is 5.75 Å². The number of anilines is 1. The molecule has 0 amide bonds. The largest absolute Gasteiger partial charge is 0.495 e. The van der Waals surface area contributed by atoms with Crippen LogP contribution >= 0.6 is 0 Å². The van der Waals surface area contributed by atoms with Gasteiger partial charge in [0.15, 0.2) is 0 Å². The van der Waals surface area contributed by atoms with Crippen molar-refractivity contribution in [2.45, 2.75) is 12.7 Å². The van der Waals surface area contributed by atoms with E-state index in [2.05, 4.69) is 4.72 Å². The van der Waals surface area contributed by atoms with E-state index in [0.29, 0.717) is 11.4 Å². The number of aryl methyl sites for hydroxylation is 1. The zero-order valence-electron chi connectivity index (χ0n) is 11.5. The fourth-order valence-corrected chi connectivity index (χ4v) is 3.22. The Morgan fingerprint density at radius 3 is 2.40 bits per heavy atom. The van der Waals surface area contributed by atoms with Gasteiger partial charge >= 0.3 is 0 Å². The fraction of sp³-hybridized carbons (Fsp3) is 0.200. The first-order valence-corrected chi connectivity index (χ1v) is 7.85. The number of hydrogen-bond acceptors (Lipinski definition) is 3. The third kappa shape index (κ3) is 3.51. The predicted octanol–water partition coefficient (Wildman–Crippen LogP) is 2.95. The molecule has 106 valence electrons. The monoisotopic (exact) mass is 291 g/mol. The predicted molar refractivity (Wildman–Crippen MR) is 80.4 cm³/mol. The average Bonchev–Trinajstić information content (AvgIpc) is 2.41. The molecule has 0 aliphatic rings. The molecule has 0 saturated heterocycles. The van der Waals surface area contributed by atoms with Gasteiger partial charge in [0.2, 0.25) is 10.0 Å². The molecule has 0 saturated carbocycles. The molecule has 20 heavy (non-hydrogen) atoms. The lowest BCUT2D eigenvalue weighted by molar-refractivity contribution is 0.417. The summed E-state index contributed by atoms with van der Waals surface area (Å²) in [6.07, 6.45) is 0. The number of ether oxygens (including phenoxy) is 1. The summed E-state index contributed by atoms with van der Waals surface area (Å²) in [5.74, 6) is 0.443. The van der Waals surface area contributed by atoms with E-state index in [4.69, 9.17) is 4.74 Å². The first-order valence-electron chi connectivity index (χ1n) is 6.20. The topological polar surface area (TPSA) is 55.4 Å². The van der Waals surface area contributed by atoms with Gasteiger partial charge in [-0.25, -0.2) is 8.42 Å². The highest BCUT2D eigenvalue weighted by Crippen LogP contribution is 2.25. The molecule has 0 fully saturated rings. The molecule has 0 aliphatic carbocycles. The van der Waals surface area contributed by atoms with Crippen LogP contribution in [-0.4, -0.2) is 15.5 Å². The van der Waals surface area contributed by atoms with Crippen molar-refractivity contribution in [3.63, 3.8) is 0 Å². The molecule has 0 aliphatic heterocycles. The third-order valence-corrected chi connectivity index (χ3v) is 4.20. The summed E-state index contributed by atoms with van der Waals surface area (Å²) < 4.78 is 32.1. The maximum Gasteiger partial charge on any atom is 0.237 e. The Kier molecular flexibility index (Phi) is 4.29. The maximum atomic E-state index is 12.2. The van der Waals surface area contributed by atoms with E-state index in [1.54, 1.807) is 24.3 Å². The normalized spacial score (nSPS) is 11.1. The minimum atomic E-state index is -3.47. The van der Waals surface area contributed by atoms with Gasteiger partial charge in [-0.05, 0) is 30.2 Å². The number of nitrogens with one attached hydrogen (secondary N) is 1.